The van der Waals surface area contributed by atoms with Gasteiger partial charge in [-0.1, -0.05) is 0 Å². The number of aromatic hydroxyl groups is 2. The Morgan fingerprint density at radius 2 is 1.78 bits per heavy atom. The molecule has 0 unspecified atom stereocenters. The van der Waals surface area contributed by atoms with Gasteiger partial charge in [0.2, 0.25) is 0 Å². The van der Waals surface area contributed by atoms with Crippen molar-refractivity contribution in [2.24, 2.45) is 0 Å². The summed E-state index contributed by atoms with van der Waals surface area (Å²) in [5.41, 5.74) is 0.945. The lowest BCUT2D eigenvalue weighted by atomic mass is 10.0. The SMILES string of the molecule is CC1(C)C=c2cc3oc(-c4ccc(O)cc4O)cc3cc2=CO1. The van der Waals surface area contributed by atoms with Crippen LogP contribution in [-0.4, -0.2) is 15.8 Å². The topological polar surface area (TPSA) is 62.8 Å². The first-order valence-electron chi connectivity index (χ1n) is 7.38. The predicted octanol–water partition coefficient (Wildman–Crippen LogP) is 2.84. The molecule has 4 rings (SSSR count). The Hall–Kier alpha value is -2.88. The summed E-state index contributed by atoms with van der Waals surface area (Å²) >= 11 is 0. The highest BCUT2D eigenvalue weighted by molar-refractivity contribution is 5.84. The first-order valence-corrected chi connectivity index (χ1v) is 7.38. The molecule has 0 radical (unpaired) electrons. The fourth-order valence-electron chi connectivity index (χ4n) is 2.83. The molecule has 0 spiro atoms. The molecule has 2 aromatic carbocycles. The lowest BCUT2D eigenvalue weighted by molar-refractivity contribution is 0.151. The van der Waals surface area contributed by atoms with E-state index in [0.717, 1.165) is 21.4 Å². The Bertz CT molecular complexity index is 1040. The van der Waals surface area contributed by atoms with Gasteiger partial charge in [0.1, 0.15) is 28.4 Å². The smallest absolute Gasteiger partial charge is 0.139 e. The lowest BCUT2D eigenvalue weighted by Crippen LogP contribution is -2.35. The molecule has 4 nitrogen and oxygen atoms in total. The minimum atomic E-state index is -0.342. The minimum Gasteiger partial charge on any atom is -0.508 e. The van der Waals surface area contributed by atoms with E-state index < -0.39 is 0 Å². The minimum absolute atomic E-state index is 0.0152. The normalized spacial score (nSPS) is 15.4. The average molecular weight is 308 g/mol. The van der Waals surface area contributed by atoms with E-state index in [1.807, 2.05) is 32.0 Å². The zero-order valence-electron chi connectivity index (χ0n) is 12.8. The van der Waals surface area contributed by atoms with Gasteiger partial charge in [-0.15, -0.1) is 0 Å². The van der Waals surface area contributed by atoms with E-state index in [9.17, 15) is 10.2 Å². The lowest BCUT2D eigenvalue weighted by Gasteiger charge is -2.22. The van der Waals surface area contributed by atoms with Gasteiger partial charge in [-0.3, -0.25) is 0 Å². The number of benzene rings is 2. The molecule has 0 fully saturated rings. The molecule has 1 aromatic heterocycles. The molecule has 3 aromatic rings. The van der Waals surface area contributed by atoms with Crippen LogP contribution in [0.25, 0.3) is 34.6 Å². The Morgan fingerprint density at radius 1 is 0.957 bits per heavy atom. The third kappa shape index (κ3) is 2.32. The Labute approximate surface area is 132 Å². The highest BCUT2D eigenvalue weighted by Gasteiger charge is 2.18. The monoisotopic (exact) mass is 308 g/mol. The molecule has 116 valence electrons. The zero-order chi connectivity index (χ0) is 16.2. The molecule has 2 heterocycles. The molecule has 0 amide bonds. The molecule has 23 heavy (non-hydrogen) atoms. The van der Waals surface area contributed by atoms with Gasteiger partial charge in [0, 0.05) is 16.7 Å². The van der Waals surface area contributed by atoms with E-state index in [0.29, 0.717) is 11.3 Å². The van der Waals surface area contributed by atoms with Crippen LogP contribution >= 0.6 is 0 Å². The number of phenolic OH excluding ortho intramolecular Hbond substituents is 2. The van der Waals surface area contributed by atoms with E-state index in [2.05, 4.69) is 6.08 Å². The maximum Gasteiger partial charge on any atom is 0.139 e. The van der Waals surface area contributed by atoms with Crippen molar-refractivity contribution in [1.29, 1.82) is 0 Å². The molecule has 0 aliphatic carbocycles. The molecule has 1 aliphatic rings. The highest BCUT2D eigenvalue weighted by Crippen LogP contribution is 2.34. The molecule has 0 atom stereocenters. The summed E-state index contributed by atoms with van der Waals surface area (Å²) in [5.74, 6) is 0.554. The van der Waals surface area contributed by atoms with Crippen molar-refractivity contribution in [3.05, 3.63) is 46.8 Å². The second-order valence-electron chi connectivity index (χ2n) is 6.31. The summed E-state index contributed by atoms with van der Waals surface area (Å²) in [6.07, 6.45) is 3.82. The fraction of sp³-hybridized carbons (Fsp3) is 0.158. The standard InChI is InChI=1S/C19H16O4/c1-19(2)9-12-7-17-11(5-13(12)10-22-19)6-18(23-17)15-4-3-14(20)8-16(15)21/h3-10,20-21H,1-2H3. The van der Waals surface area contributed by atoms with Crippen LogP contribution in [0.15, 0.2) is 40.8 Å². The largest absolute Gasteiger partial charge is 0.508 e. The zero-order valence-corrected chi connectivity index (χ0v) is 12.8. The molecule has 0 saturated heterocycles. The Balaban J connectivity index is 1.93. The molecular formula is C19H16O4. The van der Waals surface area contributed by atoms with Crippen molar-refractivity contribution in [3.63, 3.8) is 0 Å². The van der Waals surface area contributed by atoms with Gasteiger partial charge < -0.3 is 19.4 Å². The van der Waals surface area contributed by atoms with Crippen LogP contribution in [0, 0.1) is 0 Å². The van der Waals surface area contributed by atoms with Crippen LogP contribution in [0.2, 0.25) is 0 Å². The summed E-state index contributed by atoms with van der Waals surface area (Å²) in [4.78, 5) is 0. The molecule has 2 N–H and O–H groups in total. The first-order chi connectivity index (χ1) is 10.9. The Kier molecular flexibility index (Phi) is 2.73. The van der Waals surface area contributed by atoms with Crippen LogP contribution in [0.1, 0.15) is 13.8 Å². The van der Waals surface area contributed by atoms with Gasteiger partial charge in [-0.25, -0.2) is 0 Å². The average Bonchev–Trinajstić information content (AvgIpc) is 2.86. The van der Waals surface area contributed by atoms with Crippen molar-refractivity contribution < 1.29 is 19.4 Å². The van der Waals surface area contributed by atoms with Gasteiger partial charge in [-0.05, 0) is 55.5 Å². The molecule has 0 saturated carbocycles. The van der Waals surface area contributed by atoms with Gasteiger partial charge in [0.15, 0.2) is 0 Å². The van der Waals surface area contributed by atoms with Crippen LogP contribution < -0.4 is 10.4 Å². The summed E-state index contributed by atoms with van der Waals surface area (Å²) in [6, 6.07) is 10.3. The van der Waals surface area contributed by atoms with Crippen LogP contribution in [0.4, 0.5) is 0 Å². The number of ether oxygens (including phenoxy) is 1. The number of hydrogen-bond acceptors (Lipinski definition) is 4. The second kappa shape index (κ2) is 4.56. The van der Waals surface area contributed by atoms with Crippen molar-refractivity contribution in [3.8, 4) is 22.8 Å². The molecule has 0 bridgehead atoms. The molecule has 1 aliphatic heterocycles. The summed E-state index contributed by atoms with van der Waals surface area (Å²) in [6.45, 7) is 4.00. The number of fused-ring (bicyclic) bond motifs is 2. The van der Waals surface area contributed by atoms with Crippen molar-refractivity contribution >= 4 is 23.3 Å². The molecular weight excluding hydrogens is 292 g/mol. The number of hydrogen-bond donors (Lipinski definition) is 2. The predicted molar refractivity (Wildman–Crippen MR) is 88.3 cm³/mol. The van der Waals surface area contributed by atoms with Crippen LogP contribution in [0.5, 0.6) is 11.5 Å². The van der Waals surface area contributed by atoms with E-state index in [4.69, 9.17) is 9.15 Å². The Morgan fingerprint density at radius 3 is 2.57 bits per heavy atom. The van der Waals surface area contributed by atoms with Crippen LogP contribution in [0.3, 0.4) is 0 Å². The van der Waals surface area contributed by atoms with Gasteiger partial charge >= 0.3 is 0 Å². The van der Waals surface area contributed by atoms with Gasteiger partial charge in [-0.2, -0.15) is 0 Å². The van der Waals surface area contributed by atoms with Crippen molar-refractivity contribution in [2.45, 2.75) is 19.4 Å². The van der Waals surface area contributed by atoms with Gasteiger partial charge in [0.25, 0.3) is 0 Å². The summed E-state index contributed by atoms with van der Waals surface area (Å²) in [5, 5.41) is 22.4. The van der Waals surface area contributed by atoms with E-state index in [1.165, 1.54) is 12.1 Å². The maximum atomic E-state index is 10.00. The highest BCUT2D eigenvalue weighted by atomic mass is 16.5. The third-order valence-electron chi connectivity index (χ3n) is 3.96. The van der Waals surface area contributed by atoms with Crippen molar-refractivity contribution in [1.82, 2.24) is 0 Å². The number of phenols is 2. The third-order valence-corrected chi connectivity index (χ3v) is 3.96. The van der Waals surface area contributed by atoms with Crippen molar-refractivity contribution in [2.75, 3.05) is 0 Å². The van der Waals surface area contributed by atoms with Crippen LogP contribution in [-0.2, 0) is 4.74 Å². The number of furan rings is 1. The molecule has 4 heteroatoms. The van der Waals surface area contributed by atoms with E-state index >= 15 is 0 Å². The van der Waals surface area contributed by atoms with E-state index in [-0.39, 0.29) is 17.1 Å². The van der Waals surface area contributed by atoms with Gasteiger partial charge in [0.05, 0.1) is 11.8 Å². The summed E-state index contributed by atoms with van der Waals surface area (Å²) in [7, 11) is 0. The number of rotatable bonds is 1. The fourth-order valence-corrected chi connectivity index (χ4v) is 2.83. The second-order valence-corrected chi connectivity index (χ2v) is 6.31. The maximum absolute atomic E-state index is 10.00. The quantitative estimate of drug-likeness (QED) is 0.725. The van der Waals surface area contributed by atoms with E-state index in [1.54, 1.807) is 12.3 Å². The first kappa shape index (κ1) is 13.8. The summed E-state index contributed by atoms with van der Waals surface area (Å²) < 4.78 is 11.6.